The number of aliphatic hydroxyl groups excluding tert-OH is 3. The molecule has 5 heterocycles. The SMILES string of the molecule is C#Cc1c(F)ccc(/C=C(O)\C=C\C2=C(F)C(=NC)/C(=C(\N=C)N3CC4CCC(C3)N4)C=N2)c1C.CO.OCC1CCC2CCCN12. The Hall–Kier alpha value is -3.95. The molecule has 252 valence electrons. The molecule has 0 amide bonds. The molecule has 0 radical (unpaired) electrons. The Kier molecular flexibility index (Phi) is 12.8. The van der Waals surface area contributed by atoms with E-state index in [-0.39, 0.29) is 22.7 Å². The van der Waals surface area contributed by atoms with Crippen LogP contribution in [0.4, 0.5) is 8.78 Å². The predicted molar refractivity (Wildman–Crippen MR) is 185 cm³/mol. The van der Waals surface area contributed by atoms with E-state index in [1.165, 1.54) is 75.9 Å². The molecular weight excluding hydrogens is 602 g/mol. The third-order valence-corrected chi connectivity index (χ3v) is 9.40. The number of nitrogens with zero attached hydrogens (tertiary/aromatic N) is 5. The number of piperazine rings is 1. The van der Waals surface area contributed by atoms with Gasteiger partial charge in [0, 0.05) is 57.6 Å². The van der Waals surface area contributed by atoms with Gasteiger partial charge in [0.05, 0.1) is 17.7 Å². The highest BCUT2D eigenvalue weighted by Crippen LogP contribution is 2.32. The molecule has 47 heavy (non-hydrogen) atoms. The van der Waals surface area contributed by atoms with Crippen LogP contribution in [-0.4, -0.2) is 108 Å². The summed E-state index contributed by atoms with van der Waals surface area (Å²) in [6.45, 7) is 8.50. The molecule has 4 N–H and O–H groups in total. The Balaban J connectivity index is 0.000000349. The molecule has 2 bridgehead atoms. The normalized spacial score (nSPS) is 27.3. The highest BCUT2D eigenvalue weighted by Gasteiger charge is 2.36. The van der Waals surface area contributed by atoms with Crippen molar-refractivity contribution in [2.24, 2.45) is 15.0 Å². The van der Waals surface area contributed by atoms with Crippen LogP contribution >= 0.6 is 0 Å². The average molecular weight is 649 g/mol. The van der Waals surface area contributed by atoms with Crippen LogP contribution in [0.2, 0.25) is 0 Å². The largest absolute Gasteiger partial charge is 0.508 e. The second kappa shape index (κ2) is 16.7. The van der Waals surface area contributed by atoms with Gasteiger partial charge < -0.3 is 25.5 Å². The minimum atomic E-state index is -0.624. The number of hydrogen-bond donors (Lipinski definition) is 4. The summed E-state index contributed by atoms with van der Waals surface area (Å²) in [6, 6.07) is 4.85. The number of fused-ring (bicyclic) bond motifs is 3. The van der Waals surface area contributed by atoms with Crippen molar-refractivity contribution in [3.05, 3.63) is 75.5 Å². The summed E-state index contributed by atoms with van der Waals surface area (Å²) in [7, 11) is 2.51. The summed E-state index contributed by atoms with van der Waals surface area (Å²) >= 11 is 0. The summed E-state index contributed by atoms with van der Waals surface area (Å²) in [5.41, 5.74) is 1.82. The van der Waals surface area contributed by atoms with Gasteiger partial charge in [0.25, 0.3) is 0 Å². The molecule has 6 rings (SSSR count). The quantitative estimate of drug-likeness (QED) is 0.157. The number of aliphatic imine (C=N–C) groups is 3. The molecule has 1 aromatic rings. The van der Waals surface area contributed by atoms with Gasteiger partial charge in [0.1, 0.15) is 28.8 Å². The van der Waals surface area contributed by atoms with E-state index in [1.807, 2.05) is 0 Å². The zero-order valence-electron chi connectivity index (χ0n) is 27.5. The number of aliphatic hydroxyl groups is 3. The van der Waals surface area contributed by atoms with Gasteiger partial charge in [-0.25, -0.2) is 13.8 Å². The minimum absolute atomic E-state index is 0.0123. The summed E-state index contributed by atoms with van der Waals surface area (Å²) in [4.78, 5) is 17.2. The molecule has 0 aliphatic carbocycles. The first-order valence-corrected chi connectivity index (χ1v) is 16.1. The topological polar surface area (TPSA) is 116 Å². The zero-order valence-corrected chi connectivity index (χ0v) is 27.5. The Labute approximate surface area is 276 Å². The van der Waals surface area contributed by atoms with Crippen molar-refractivity contribution in [1.82, 2.24) is 15.1 Å². The van der Waals surface area contributed by atoms with Crippen molar-refractivity contribution in [3.63, 3.8) is 0 Å². The van der Waals surface area contributed by atoms with E-state index in [0.29, 0.717) is 47.3 Å². The van der Waals surface area contributed by atoms with Crippen molar-refractivity contribution in [3.8, 4) is 12.3 Å². The third kappa shape index (κ3) is 8.14. The number of benzene rings is 1. The van der Waals surface area contributed by atoms with E-state index in [2.05, 4.69) is 42.7 Å². The number of hydrogen-bond acceptors (Lipinski definition) is 9. The fourth-order valence-electron chi connectivity index (χ4n) is 7.11. The number of likely N-dealkylation sites (tertiary alicyclic amines) is 1. The fourth-order valence-corrected chi connectivity index (χ4v) is 7.11. The molecule has 4 atom stereocenters. The molecule has 0 saturated carbocycles. The lowest BCUT2D eigenvalue weighted by molar-refractivity contribution is 0.155. The summed E-state index contributed by atoms with van der Waals surface area (Å²) < 4.78 is 29.2. The molecule has 11 heteroatoms. The second-order valence-electron chi connectivity index (χ2n) is 12.1. The van der Waals surface area contributed by atoms with E-state index >= 15 is 4.39 Å². The molecule has 9 nitrogen and oxygen atoms in total. The van der Waals surface area contributed by atoms with Gasteiger partial charge >= 0.3 is 0 Å². The predicted octanol–water partition coefficient (Wildman–Crippen LogP) is 4.47. The van der Waals surface area contributed by atoms with Gasteiger partial charge in [0.15, 0.2) is 5.83 Å². The van der Waals surface area contributed by atoms with Crippen LogP contribution in [-0.2, 0) is 0 Å². The maximum atomic E-state index is 15.4. The van der Waals surface area contributed by atoms with Gasteiger partial charge in [0.2, 0.25) is 0 Å². The molecule has 4 unspecified atom stereocenters. The van der Waals surface area contributed by atoms with Crippen LogP contribution < -0.4 is 5.32 Å². The van der Waals surface area contributed by atoms with Crippen LogP contribution in [0.5, 0.6) is 0 Å². The Morgan fingerprint density at radius 2 is 1.89 bits per heavy atom. The van der Waals surface area contributed by atoms with E-state index in [0.717, 1.165) is 39.1 Å². The van der Waals surface area contributed by atoms with Gasteiger partial charge in [-0.05, 0) is 94.1 Å². The minimum Gasteiger partial charge on any atom is -0.508 e. The number of nitrogens with one attached hydrogen (secondary N) is 1. The molecule has 0 aromatic heterocycles. The zero-order chi connectivity index (χ0) is 34.1. The van der Waals surface area contributed by atoms with Crippen LogP contribution in [0.15, 0.2) is 67.9 Å². The number of halogens is 2. The van der Waals surface area contributed by atoms with Gasteiger partial charge in [-0.2, -0.15) is 0 Å². The number of allylic oxidation sites excluding steroid dienone is 4. The molecule has 5 aliphatic rings. The molecule has 0 spiro atoms. The number of terminal acetylenes is 1. The molecule has 5 aliphatic heterocycles. The van der Waals surface area contributed by atoms with E-state index in [4.69, 9.17) is 16.6 Å². The molecule has 4 fully saturated rings. The van der Waals surface area contributed by atoms with Crippen molar-refractivity contribution in [1.29, 1.82) is 0 Å². The van der Waals surface area contributed by atoms with Crippen LogP contribution in [0.3, 0.4) is 0 Å². The molecule has 1 aromatic carbocycles. The lowest BCUT2D eigenvalue weighted by atomic mass is 10.0. The summed E-state index contributed by atoms with van der Waals surface area (Å²) in [6.07, 6.45) is 18.5. The van der Waals surface area contributed by atoms with E-state index < -0.39 is 11.6 Å². The maximum Gasteiger partial charge on any atom is 0.174 e. The first-order valence-electron chi connectivity index (χ1n) is 16.1. The lowest BCUT2D eigenvalue weighted by Gasteiger charge is -2.35. The summed E-state index contributed by atoms with van der Waals surface area (Å²) in [5.74, 6) is 1.58. The average Bonchev–Trinajstić information content (AvgIpc) is 3.80. The Bertz CT molecular complexity index is 1530. The first-order chi connectivity index (χ1) is 22.8. The van der Waals surface area contributed by atoms with E-state index in [1.54, 1.807) is 6.92 Å². The van der Waals surface area contributed by atoms with Crippen LogP contribution in [0.1, 0.15) is 55.2 Å². The van der Waals surface area contributed by atoms with E-state index in [9.17, 15) is 9.50 Å². The van der Waals surface area contributed by atoms with Crippen molar-refractivity contribution in [2.75, 3.05) is 40.4 Å². The van der Waals surface area contributed by atoms with Crippen LogP contribution in [0.25, 0.3) is 6.08 Å². The molecule has 4 saturated heterocycles. The van der Waals surface area contributed by atoms with Crippen molar-refractivity contribution in [2.45, 2.75) is 69.6 Å². The third-order valence-electron chi connectivity index (χ3n) is 9.40. The first kappa shape index (κ1) is 35.9. The maximum absolute atomic E-state index is 15.4. The molecular formula is C36H46F2N6O3. The smallest absolute Gasteiger partial charge is 0.174 e. The monoisotopic (exact) mass is 648 g/mol. The van der Waals surface area contributed by atoms with Crippen LogP contribution in [0, 0.1) is 25.1 Å². The van der Waals surface area contributed by atoms with Crippen molar-refractivity contribution >= 4 is 24.7 Å². The second-order valence-corrected chi connectivity index (χ2v) is 12.1. The standard InChI is InChI=1S/C27H27F2N5O.C8H15NO.CH4O/c1-5-21-16(2)17(6-10-23(21)28)12-20(35)9-11-24-25(29)26(30-3)22(13-32-24)27(31-4)34-14-18-7-8-19(15-34)33-18;10-6-8-4-3-7-2-1-5-9(7)8;1-2/h1,6,9-13,18-19,33,35H,4,7-8,14-15H2,2-3H3;7-8,10H,1-6H2;2H,1H3/b11-9+,20-12+,27-22+,30-26?;;. The number of rotatable bonds is 6. The fraction of sp³-hybridized carbons (Fsp3) is 0.472. The highest BCUT2D eigenvalue weighted by atomic mass is 19.1. The Morgan fingerprint density at radius 3 is 2.53 bits per heavy atom. The van der Waals surface area contributed by atoms with Crippen molar-refractivity contribution < 1.29 is 24.1 Å². The highest BCUT2D eigenvalue weighted by molar-refractivity contribution is 6.25. The van der Waals surface area contributed by atoms with Gasteiger partial charge in [-0.3, -0.25) is 14.9 Å². The van der Waals surface area contributed by atoms with Gasteiger partial charge in [-0.1, -0.05) is 12.0 Å². The summed E-state index contributed by atoms with van der Waals surface area (Å²) in [5, 5.41) is 29.9. The lowest BCUT2D eigenvalue weighted by Crippen LogP contribution is -2.50. The Morgan fingerprint density at radius 1 is 1.17 bits per heavy atom. The van der Waals surface area contributed by atoms with Gasteiger partial charge in [-0.15, -0.1) is 6.42 Å².